The first-order valence-electron chi connectivity index (χ1n) is 5.04. The van der Waals surface area contributed by atoms with E-state index >= 15 is 0 Å². The van der Waals surface area contributed by atoms with Gasteiger partial charge in [0.15, 0.2) is 0 Å². The van der Waals surface area contributed by atoms with Crippen LogP contribution in [0.1, 0.15) is 12.0 Å². The first-order valence-corrected chi connectivity index (χ1v) is 5.42. The Bertz CT molecular complexity index is 468. The second kappa shape index (κ2) is 4.60. The molecule has 0 saturated heterocycles. The second-order valence-electron chi connectivity index (χ2n) is 3.52. The van der Waals surface area contributed by atoms with Gasteiger partial charge in [-0.25, -0.2) is 0 Å². The minimum atomic E-state index is 0.717. The molecule has 2 N–H and O–H groups in total. The predicted octanol–water partition coefficient (Wildman–Crippen LogP) is 2.78. The number of nitrogens with two attached hydrogens (primary N) is 1. The van der Waals surface area contributed by atoms with Gasteiger partial charge in [0.05, 0.1) is 0 Å². The zero-order valence-corrected chi connectivity index (χ0v) is 9.17. The molecule has 0 radical (unpaired) electrons. The van der Waals surface area contributed by atoms with E-state index in [2.05, 4.69) is 11.1 Å². The van der Waals surface area contributed by atoms with Crippen molar-refractivity contribution in [1.82, 2.24) is 4.98 Å². The number of halogens is 1. The van der Waals surface area contributed by atoms with E-state index in [1.807, 2.05) is 18.3 Å². The summed E-state index contributed by atoms with van der Waals surface area (Å²) in [6.07, 6.45) is 5.60. The van der Waals surface area contributed by atoms with Crippen LogP contribution in [0.2, 0.25) is 5.02 Å². The van der Waals surface area contributed by atoms with Crippen LogP contribution in [-0.4, -0.2) is 11.5 Å². The normalized spacial score (nSPS) is 10.8. The van der Waals surface area contributed by atoms with Crippen molar-refractivity contribution in [2.75, 3.05) is 6.54 Å². The Labute approximate surface area is 94.1 Å². The van der Waals surface area contributed by atoms with Crippen molar-refractivity contribution in [3.8, 4) is 0 Å². The largest absolute Gasteiger partial charge is 0.330 e. The van der Waals surface area contributed by atoms with Gasteiger partial charge in [-0.3, -0.25) is 4.98 Å². The van der Waals surface area contributed by atoms with E-state index in [9.17, 15) is 0 Å². The standard InChI is InChI=1S/C12H13ClN2/c13-12-4-3-9(2-1-6-14)10-5-7-15-8-11(10)12/h3-5,7-8H,1-2,6,14H2. The van der Waals surface area contributed by atoms with E-state index < -0.39 is 0 Å². The molecule has 1 aromatic heterocycles. The summed E-state index contributed by atoms with van der Waals surface area (Å²) in [6, 6.07) is 6.00. The highest BCUT2D eigenvalue weighted by Crippen LogP contribution is 2.26. The van der Waals surface area contributed by atoms with Gasteiger partial charge in [-0.1, -0.05) is 17.7 Å². The van der Waals surface area contributed by atoms with Gasteiger partial charge < -0.3 is 5.73 Å². The number of pyridine rings is 1. The van der Waals surface area contributed by atoms with Crippen molar-refractivity contribution in [2.24, 2.45) is 5.73 Å². The molecule has 0 amide bonds. The summed E-state index contributed by atoms with van der Waals surface area (Å²) in [4.78, 5) is 4.09. The Morgan fingerprint density at radius 3 is 2.87 bits per heavy atom. The third kappa shape index (κ3) is 2.11. The van der Waals surface area contributed by atoms with Crippen molar-refractivity contribution >= 4 is 22.4 Å². The van der Waals surface area contributed by atoms with Crippen LogP contribution in [0, 0.1) is 0 Å². The Morgan fingerprint density at radius 1 is 1.20 bits per heavy atom. The first kappa shape index (κ1) is 10.4. The SMILES string of the molecule is NCCCc1ccc(Cl)c2cnccc12. The molecule has 0 saturated carbocycles. The summed E-state index contributed by atoms with van der Waals surface area (Å²) >= 11 is 6.10. The topological polar surface area (TPSA) is 38.9 Å². The van der Waals surface area contributed by atoms with Crippen molar-refractivity contribution in [3.05, 3.63) is 41.2 Å². The highest BCUT2D eigenvalue weighted by Gasteiger charge is 2.03. The molecule has 0 atom stereocenters. The molecule has 0 aliphatic carbocycles. The van der Waals surface area contributed by atoms with Crippen LogP contribution in [-0.2, 0) is 6.42 Å². The Balaban J connectivity index is 2.51. The van der Waals surface area contributed by atoms with Crippen molar-refractivity contribution in [1.29, 1.82) is 0 Å². The van der Waals surface area contributed by atoms with Crippen molar-refractivity contribution in [3.63, 3.8) is 0 Å². The minimum Gasteiger partial charge on any atom is -0.330 e. The monoisotopic (exact) mass is 220 g/mol. The number of benzene rings is 1. The van der Waals surface area contributed by atoms with Crippen LogP contribution < -0.4 is 5.73 Å². The molecule has 0 spiro atoms. The van der Waals surface area contributed by atoms with Gasteiger partial charge in [0.2, 0.25) is 0 Å². The van der Waals surface area contributed by atoms with Gasteiger partial charge in [0.1, 0.15) is 0 Å². The van der Waals surface area contributed by atoms with Gasteiger partial charge in [-0.2, -0.15) is 0 Å². The van der Waals surface area contributed by atoms with Crippen LogP contribution in [0.3, 0.4) is 0 Å². The Hall–Kier alpha value is -1.12. The highest BCUT2D eigenvalue weighted by molar-refractivity contribution is 6.35. The lowest BCUT2D eigenvalue weighted by Gasteiger charge is -2.06. The van der Waals surface area contributed by atoms with Crippen LogP contribution in [0.4, 0.5) is 0 Å². The average Bonchev–Trinajstić information content (AvgIpc) is 2.29. The molecule has 0 unspecified atom stereocenters. The Morgan fingerprint density at radius 2 is 2.07 bits per heavy atom. The second-order valence-corrected chi connectivity index (χ2v) is 3.93. The molecule has 0 fully saturated rings. The molecule has 15 heavy (non-hydrogen) atoms. The maximum atomic E-state index is 6.10. The van der Waals surface area contributed by atoms with E-state index in [1.54, 1.807) is 6.20 Å². The molecular weight excluding hydrogens is 208 g/mol. The van der Waals surface area contributed by atoms with E-state index in [0.29, 0.717) is 0 Å². The number of aromatic nitrogens is 1. The lowest BCUT2D eigenvalue weighted by Crippen LogP contribution is -2.00. The van der Waals surface area contributed by atoms with Gasteiger partial charge >= 0.3 is 0 Å². The molecule has 2 aromatic rings. The lowest BCUT2D eigenvalue weighted by atomic mass is 10.0. The van der Waals surface area contributed by atoms with Crippen LogP contribution in [0.15, 0.2) is 30.6 Å². The number of rotatable bonds is 3. The number of hydrogen-bond acceptors (Lipinski definition) is 2. The lowest BCUT2D eigenvalue weighted by molar-refractivity contribution is 0.837. The van der Waals surface area contributed by atoms with E-state index in [-0.39, 0.29) is 0 Å². The zero-order chi connectivity index (χ0) is 10.7. The number of hydrogen-bond donors (Lipinski definition) is 1. The number of aryl methyl sites for hydroxylation is 1. The van der Waals surface area contributed by atoms with Crippen molar-refractivity contribution < 1.29 is 0 Å². The molecule has 0 aliphatic heterocycles. The third-order valence-corrected chi connectivity index (χ3v) is 2.84. The van der Waals surface area contributed by atoms with E-state index in [1.165, 1.54) is 10.9 Å². The predicted molar refractivity (Wildman–Crippen MR) is 64.1 cm³/mol. The van der Waals surface area contributed by atoms with E-state index in [0.717, 1.165) is 29.8 Å². The number of fused-ring (bicyclic) bond motifs is 1. The summed E-state index contributed by atoms with van der Waals surface area (Å²) in [5.74, 6) is 0. The molecule has 2 nitrogen and oxygen atoms in total. The minimum absolute atomic E-state index is 0.717. The third-order valence-electron chi connectivity index (χ3n) is 2.51. The molecule has 1 heterocycles. The Kier molecular flexibility index (Phi) is 3.19. The molecular formula is C12H13ClN2. The fourth-order valence-electron chi connectivity index (χ4n) is 1.73. The zero-order valence-electron chi connectivity index (χ0n) is 8.41. The fourth-order valence-corrected chi connectivity index (χ4v) is 1.94. The molecule has 78 valence electrons. The van der Waals surface area contributed by atoms with Crippen LogP contribution >= 0.6 is 11.6 Å². The van der Waals surface area contributed by atoms with Crippen LogP contribution in [0.5, 0.6) is 0 Å². The molecule has 2 rings (SSSR count). The maximum absolute atomic E-state index is 6.10. The average molecular weight is 221 g/mol. The first-order chi connectivity index (χ1) is 7.33. The molecule has 3 heteroatoms. The molecule has 0 aliphatic rings. The summed E-state index contributed by atoms with van der Waals surface area (Å²) in [5.41, 5.74) is 6.81. The van der Waals surface area contributed by atoms with Gasteiger partial charge in [-0.05, 0) is 42.5 Å². The summed E-state index contributed by atoms with van der Waals surface area (Å²) in [6.45, 7) is 0.717. The quantitative estimate of drug-likeness (QED) is 0.864. The van der Waals surface area contributed by atoms with Gasteiger partial charge in [-0.15, -0.1) is 0 Å². The molecule has 0 bridgehead atoms. The maximum Gasteiger partial charge on any atom is 0.0500 e. The summed E-state index contributed by atoms with van der Waals surface area (Å²) < 4.78 is 0. The van der Waals surface area contributed by atoms with Crippen molar-refractivity contribution in [2.45, 2.75) is 12.8 Å². The van der Waals surface area contributed by atoms with Gasteiger partial charge in [0, 0.05) is 22.8 Å². The summed E-state index contributed by atoms with van der Waals surface area (Å²) in [7, 11) is 0. The van der Waals surface area contributed by atoms with Gasteiger partial charge in [0.25, 0.3) is 0 Å². The van der Waals surface area contributed by atoms with Crippen LogP contribution in [0.25, 0.3) is 10.8 Å². The smallest absolute Gasteiger partial charge is 0.0500 e. The number of nitrogens with zero attached hydrogens (tertiary/aromatic N) is 1. The van der Waals surface area contributed by atoms with E-state index in [4.69, 9.17) is 17.3 Å². The highest BCUT2D eigenvalue weighted by atomic mass is 35.5. The fraction of sp³-hybridized carbons (Fsp3) is 0.250. The summed E-state index contributed by atoms with van der Waals surface area (Å²) in [5, 5.41) is 2.97. The molecule has 1 aromatic carbocycles.